The summed E-state index contributed by atoms with van der Waals surface area (Å²) < 4.78 is 0. The molecule has 5 heteroatoms. The molecular formula is C22H18N2O3. The topological polar surface area (TPSA) is 79.0 Å². The van der Waals surface area contributed by atoms with Crippen LogP contribution in [0, 0.1) is 0 Å². The molecule has 1 atom stereocenters. The SMILES string of the molecule is O=C1CC(c2ccccc2)Cc2[nH]c(=O)c(C(=O)Nc3ccccc3)cc21. The first-order valence-electron chi connectivity index (χ1n) is 8.82. The van der Waals surface area contributed by atoms with Crippen LogP contribution in [-0.2, 0) is 6.42 Å². The standard InChI is InChI=1S/C22H18N2O3/c25-20-12-15(14-7-3-1-4-8-14)11-19-17(20)13-18(22(27)24-19)21(26)23-16-9-5-2-6-10-16/h1-10,13,15H,11-12H2,(H,23,26)(H,24,27). The number of carbonyl (C=O) groups is 2. The summed E-state index contributed by atoms with van der Waals surface area (Å²) in [6.07, 6.45) is 0.934. The Bertz CT molecular complexity index is 1060. The van der Waals surface area contributed by atoms with E-state index in [2.05, 4.69) is 10.3 Å². The molecule has 1 aromatic heterocycles. The zero-order valence-electron chi connectivity index (χ0n) is 14.6. The molecule has 1 heterocycles. The summed E-state index contributed by atoms with van der Waals surface area (Å²) in [5.74, 6) is -0.552. The number of rotatable bonds is 3. The zero-order chi connectivity index (χ0) is 18.8. The maximum absolute atomic E-state index is 12.7. The number of para-hydroxylation sites is 1. The van der Waals surface area contributed by atoms with Gasteiger partial charge < -0.3 is 10.3 Å². The highest BCUT2D eigenvalue weighted by atomic mass is 16.2. The second kappa shape index (κ2) is 7.03. The fourth-order valence-corrected chi connectivity index (χ4v) is 3.48. The highest BCUT2D eigenvalue weighted by Crippen LogP contribution is 2.31. The van der Waals surface area contributed by atoms with Gasteiger partial charge in [-0.15, -0.1) is 0 Å². The number of H-pyrrole nitrogens is 1. The largest absolute Gasteiger partial charge is 0.325 e. The van der Waals surface area contributed by atoms with E-state index in [1.807, 2.05) is 36.4 Å². The molecule has 5 nitrogen and oxygen atoms in total. The molecule has 4 rings (SSSR count). The number of aromatic nitrogens is 1. The van der Waals surface area contributed by atoms with E-state index in [1.54, 1.807) is 24.3 Å². The molecule has 1 unspecified atom stereocenters. The predicted molar refractivity (Wildman–Crippen MR) is 103 cm³/mol. The maximum Gasteiger partial charge on any atom is 0.261 e. The van der Waals surface area contributed by atoms with Gasteiger partial charge in [-0.1, -0.05) is 48.5 Å². The van der Waals surface area contributed by atoms with Crippen molar-refractivity contribution in [2.45, 2.75) is 18.8 Å². The Morgan fingerprint density at radius 1 is 0.926 bits per heavy atom. The minimum atomic E-state index is -0.525. The number of nitrogens with one attached hydrogen (secondary N) is 2. The molecule has 2 N–H and O–H groups in total. The summed E-state index contributed by atoms with van der Waals surface area (Å²) in [6, 6.07) is 20.1. The highest BCUT2D eigenvalue weighted by Gasteiger charge is 2.28. The Morgan fingerprint density at radius 2 is 1.59 bits per heavy atom. The summed E-state index contributed by atoms with van der Waals surface area (Å²) in [7, 11) is 0. The predicted octanol–water partition coefficient (Wildman–Crippen LogP) is 3.54. The van der Waals surface area contributed by atoms with Crippen molar-refractivity contribution in [2.24, 2.45) is 0 Å². The minimum absolute atomic E-state index is 0.0332. The van der Waals surface area contributed by atoms with Crippen LogP contribution in [0.1, 0.15) is 44.3 Å². The molecular weight excluding hydrogens is 340 g/mol. The van der Waals surface area contributed by atoms with E-state index in [4.69, 9.17) is 0 Å². The van der Waals surface area contributed by atoms with Crippen LogP contribution in [0.4, 0.5) is 5.69 Å². The lowest BCUT2D eigenvalue weighted by Crippen LogP contribution is -2.29. The van der Waals surface area contributed by atoms with Crippen LogP contribution in [0.15, 0.2) is 71.5 Å². The van der Waals surface area contributed by atoms with Gasteiger partial charge in [-0.05, 0) is 36.1 Å². The van der Waals surface area contributed by atoms with Crippen LogP contribution in [-0.4, -0.2) is 16.7 Å². The van der Waals surface area contributed by atoms with Gasteiger partial charge in [0, 0.05) is 23.4 Å². The van der Waals surface area contributed by atoms with Gasteiger partial charge in [-0.2, -0.15) is 0 Å². The summed E-state index contributed by atoms with van der Waals surface area (Å²) in [5.41, 5.74) is 2.16. The summed E-state index contributed by atoms with van der Waals surface area (Å²) >= 11 is 0. The molecule has 27 heavy (non-hydrogen) atoms. The molecule has 0 spiro atoms. The molecule has 1 amide bonds. The Kier molecular flexibility index (Phi) is 4.42. The van der Waals surface area contributed by atoms with Gasteiger partial charge in [0.15, 0.2) is 5.78 Å². The van der Waals surface area contributed by atoms with Gasteiger partial charge in [-0.3, -0.25) is 14.4 Å². The number of Topliss-reactive ketones (excluding diaryl/α,β-unsaturated/α-hetero) is 1. The fourth-order valence-electron chi connectivity index (χ4n) is 3.48. The van der Waals surface area contributed by atoms with E-state index >= 15 is 0 Å². The number of aromatic amines is 1. The normalized spacial score (nSPS) is 15.9. The molecule has 0 bridgehead atoms. The fraction of sp³-hybridized carbons (Fsp3) is 0.136. The lowest BCUT2D eigenvalue weighted by atomic mass is 9.81. The van der Waals surface area contributed by atoms with E-state index in [9.17, 15) is 14.4 Å². The average Bonchev–Trinajstić information content (AvgIpc) is 2.68. The minimum Gasteiger partial charge on any atom is -0.325 e. The molecule has 1 aliphatic carbocycles. The van der Waals surface area contributed by atoms with Crippen LogP contribution in [0.5, 0.6) is 0 Å². The second-order valence-electron chi connectivity index (χ2n) is 6.66. The molecule has 0 radical (unpaired) electrons. The van der Waals surface area contributed by atoms with Crippen LogP contribution < -0.4 is 10.9 Å². The quantitative estimate of drug-likeness (QED) is 0.752. The van der Waals surface area contributed by atoms with Gasteiger partial charge in [0.2, 0.25) is 0 Å². The number of carbonyl (C=O) groups excluding carboxylic acids is 2. The molecule has 2 aromatic carbocycles. The Hall–Kier alpha value is -3.47. The van der Waals surface area contributed by atoms with Crippen molar-refractivity contribution in [1.29, 1.82) is 0 Å². The van der Waals surface area contributed by atoms with Crippen molar-refractivity contribution < 1.29 is 9.59 Å². The lowest BCUT2D eigenvalue weighted by Gasteiger charge is -2.24. The van der Waals surface area contributed by atoms with Crippen LogP contribution in [0.3, 0.4) is 0 Å². The first kappa shape index (κ1) is 17.0. The number of ketones is 1. The third-order valence-electron chi connectivity index (χ3n) is 4.85. The van der Waals surface area contributed by atoms with Crippen molar-refractivity contribution in [3.05, 3.63) is 99.5 Å². The van der Waals surface area contributed by atoms with Crippen LogP contribution >= 0.6 is 0 Å². The number of amides is 1. The van der Waals surface area contributed by atoms with Gasteiger partial charge in [0.1, 0.15) is 5.56 Å². The number of hydrogen-bond donors (Lipinski definition) is 2. The van der Waals surface area contributed by atoms with Crippen molar-refractivity contribution in [1.82, 2.24) is 4.98 Å². The van der Waals surface area contributed by atoms with Crippen LogP contribution in [0.2, 0.25) is 0 Å². The number of anilines is 1. The Balaban J connectivity index is 1.64. The third-order valence-corrected chi connectivity index (χ3v) is 4.85. The first-order valence-corrected chi connectivity index (χ1v) is 8.82. The maximum atomic E-state index is 12.7. The molecule has 134 valence electrons. The van der Waals surface area contributed by atoms with Crippen molar-refractivity contribution in [2.75, 3.05) is 5.32 Å². The van der Waals surface area contributed by atoms with Crippen molar-refractivity contribution in [3.8, 4) is 0 Å². The van der Waals surface area contributed by atoms with Crippen molar-refractivity contribution in [3.63, 3.8) is 0 Å². The molecule has 0 aliphatic heterocycles. The number of fused-ring (bicyclic) bond motifs is 1. The third kappa shape index (κ3) is 3.44. The number of benzene rings is 2. The second-order valence-corrected chi connectivity index (χ2v) is 6.66. The zero-order valence-corrected chi connectivity index (χ0v) is 14.6. The van der Waals surface area contributed by atoms with E-state index in [0.717, 1.165) is 5.56 Å². The van der Waals surface area contributed by atoms with Crippen LogP contribution in [0.25, 0.3) is 0 Å². The van der Waals surface area contributed by atoms with Gasteiger partial charge >= 0.3 is 0 Å². The Morgan fingerprint density at radius 3 is 2.30 bits per heavy atom. The Labute approximate surface area is 156 Å². The smallest absolute Gasteiger partial charge is 0.261 e. The number of hydrogen-bond acceptors (Lipinski definition) is 3. The van der Waals surface area contributed by atoms with Gasteiger partial charge in [-0.25, -0.2) is 0 Å². The van der Waals surface area contributed by atoms with E-state index in [1.165, 1.54) is 6.07 Å². The van der Waals surface area contributed by atoms with Crippen molar-refractivity contribution >= 4 is 17.4 Å². The molecule has 1 aliphatic rings. The molecule has 3 aromatic rings. The summed E-state index contributed by atoms with van der Waals surface area (Å²) in [5, 5.41) is 2.69. The van der Waals surface area contributed by atoms with Gasteiger partial charge in [0.05, 0.1) is 0 Å². The molecule has 0 saturated heterocycles. The number of pyridine rings is 1. The molecule has 0 fully saturated rings. The van der Waals surface area contributed by atoms with E-state index < -0.39 is 11.5 Å². The monoisotopic (exact) mass is 358 g/mol. The molecule has 0 saturated carbocycles. The van der Waals surface area contributed by atoms with E-state index in [-0.39, 0.29) is 17.3 Å². The summed E-state index contributed by atoms with van der Waals surface area (Å²) in [4.78, 5) is 40.3. The van der Waals surface area contributed by atoms with E-state index in [0.29, 0.717) is 29.8 Å². The summed E-state index contributed by atoms with van der Waals surface area (Å²) in [6.45, 7) is 0. The average molecular weight is 358 g/mol. The first-order chi connectivity index (χ1) is 13.1. The highest BCUT2D eigenvalue weighted by molar-refractivity contribution is 6.06. The van der Waals surface area contributed by atoms with Gasteiger partial charge in [0.25, 0.3) is 11.5 Å². The lowest BCUT2D eigenvalue weighted by molar-refractivity contribution is 0.0963.